The number of amides is 1. The van der Waals surface area contributed by atoms with Gasteiger partial charge in [-0.3, -0.25) is 25.0 Å². The topological polar surface area (TPSA) is 134 Å². The van der Waals surface area contributed by atoms with Crippen molar-refractivity contribution < 1.29 is 19.6 Å². The lowest BCUT2D eigenvalue weighted by Gasteiger charge is -2.12. The molecule has 1 aromatic heterocycles. The fraction of sp³-hybridized carbons (Fsp3) is 0.160. The molecule has 3 aromatic carbocycles. The van der Waals surface area contributed by atoms with Gasteiger partial charge in [-0.25, -0.2) is 4.98 Å². The monoisotopic (exact) mass is 552 g/mol. The van der Waals surface area contributed by atoms with E-state index in [0.29, 0.717) is 31.8 Å². The average Bonchev–Trinajstić information content (AvgIpc) is 3.51. The Hall–Kier alpha value is -3.45. The molecular formula is C25H20N4O5S3. The van der Waals surface area contributed by atoms with Crippen molar-refractivity contribution in [3.05, 3.63) is 87.5 Å². The molecule has 0 saturated carbocycles. The van der Waals surface area contributed by atoms with Crippen molar-refractivity contribution in [3.63, 3.8) is 0 Å². The molecule has 188 valence electrons. The zero-order valence-corrected chi connectivity index (χ0v) is 21.8. The van der Waals surface area contributed by atoms with Crippen LogP contribution in [0.4, 0.5) is 11.4 Å². The molecule has 1 saturated heterocycles. The quantitative estimate of drug-likeness (QED) is 0.195. The number of carboxylic acid groups (broad SMARTS) is 1. The highest BCUT2D eigenvalue weighted by Crippen LogP contribution is 2.42. The van der Waals surface area contributed by atoms with Crippen molar-refractivity contribution in [1.29, 1.82) is 0 Å². The van der Waals surface area contributed by atoms with Crippen LogP contribution in [-0.4, -0.2) is 38.7 Å². The summed E-state index contributed by atoms with van der Waals surface area (Å²) < 4.78 is 1.48. The second kappa shape index (κ2) is 10.5. The molecule has 1 aliphatic rings. The maximum Gasteiger partial charge on any atom is 0.321 e. The number of thiazole rings is 1. The molecular weight excluding hydrogens is 532 g/mol. The largest absolute Gasteiger partial charge is 0.480 e. The molecule has 2 atom stereocenters. The Labute approximate surface area is 223 Å². The van der Waals surface area contributed by atoms with Crippen LogP contribution in [0.25, 0.3) is 10.2 Å². The minimum absolute atomic E-state index is 0.0610. The molecule has 5 rings (SSSR count). The van der Waals surface area contributed by atoms with E-state index in [1.807, 2.05) is 37.3 Å². The van der Waals surface area contributed by atoms with Crippen molar-refractivity contribution in [2.75, 3.05) is 11.1 Å². The summed E-state index contributed by atoms with van der Waals surface area (Å²) in [6.07, 6.45) is 0. The number of thioether (sulfide) groups is 1. The standard InChI is InChI=1S/C25H20N4O5S3/c1-13-4-2-3-5-16(13)22(30)26-15-7-8-17-21(11-15)37-25(28-17)36-20-9-6-14(10-19(20)29(33)34)23-27-18(12-35-23)24(31)32/h2-11,18,23,27H,12H2,1H3,(H,26,30)(H,31,32)/t18-,23+/m1/s1. The Bertz CT molecular complexity index is 1540. The highest BCUT2D eigenvalue weighted by atomic mass is 32.2. The molecule has 0 spiro atoms. The summed E-state index contributed by atoms with van der Waals surface area (Å²) in [4.78, 5) is 40.3. The molecule has 0 radical (unpaired) electrons. The minimum Gasteiger partial charge on any atom is -0.480 e. The Morgan fingerprint density at radius 3 is 2.73 bits per heavy atom. The van der Waals surface area contributed by atoms with Crippen LogP contribution in [0.15, 0.2) is 69.9 Å². The number of carboxylic acids is 1. The number of nitro benzene ring substituents is 1. The van der Waals surface area contributed by atoms with Crippen molar-refractivity contribution in [1.82, 2.24) is 10.3 Å². The molecule has 2 heterocycles. The van der Waals surface area contributed by atoms with Crippen LogP contribution >= 0.6 is 34.9 Å². The summed E-state index contributed by atoms with van der Waals surface area (Å²) in [6.45, 7) is 1.88. The first-order valence-electron chi connectivity index (χ1n) is 11.1. The third-order valence-electron chi connectivity index (χ3n) is 5.78. The predicted octanol–water partition coefficient (Wildman–Crippen LogP) is 5.70. The van der Waals surface area contributed by atoms with Crippen molar-refractivity contribution in [2.24, 2.45) is 0 Å². The first-order chi connectivity index (χ1) is 17.8. The van der Waals surface area contributed by atoms with Crippen LogP contribution in [0.5, 0.6) is 0 Å². The number of aromatic nitrogens is 1. The number of carbonyl (C=O) groups is 2. The lowest BCUT2D eigenvalue weighted by Crippen LogP contribution is -2.33. The fourth-order valence-electron chi connectivity index (χ4n) is 3.88. The molecule has 37 heavy (non-hydrogen) atoms. The SMILES string of the molecule is Cc1ccccc1C(=O)Nc1ccc2nc(Sc3ccc([C@H]4N[C@@H](C(=O)O)CS4)cc3[N+](=O)[O-])sc2c1. The van der Waals surface area contributed by atoms with E-state index in [-0.39, 0.29) is 17.0 Å². The van der Waals surface area contributed by atoms with Crippen LogP contribution in [-0.2, 0) is 4.79 Å². The lowest BCUT2D eigenvalue weighted by molar-refractivity contribution is -0.387. The van der Waals surface area contributed by atoms with Crippen molar-refractivity contribution in [2.45, 2.75) is 27.6 Å². The highest BCUT2D eigenvalue weighted by molar-refractivity contribution is 8.01. The minimum atomic E-state index is -0.939. The summed E-state index contributed by atoms with van der Waals surface area (Å²) >= 11 is 3.99. The molecule has 1 fully saturated rings. The van der Waals surface area contributed by atoms with Gasteiger partial charge < -0.3 is 10.4 Å². The van der Waals surface area contributed by atoms with Gasteiger partial charge in [0.1, 0.15) is 6.04 Å². The van der Waals surface area contributed by atoms with Crippen LogP contribution < -0.4 is 10.6 Å². The van der Waals surface area contributed by atoms with E-state index in [1.54, 1.807) is 24.3 Å². The summed E-state index contributed by atoms with van der Waals surface area (Å²) in [6, 6.07) is 17.0. The number of nitrogens with zero attached hydrogens (tertiary/aromatic N) is 2. The summed E-state index contributed by atoms with van der Waals surface area (Å²) in [7, 11) is 0. The number of hydrogen-bond acceptors (Lipinski definition) is 9. The van der Waals surface area contributed by atoms with Gasteiger partial charge in [0, 0.05) is 23.1 Å². The summed E-state index contributed by atoms with van der Waals surface area (Å²) in [5, 5.41) is 26.6. The third kappa shape index (κ3) is 5.47. The number of aryl methyl sites for hydroxylation is 1. The van der Waals surface area contributed by atoms with Crippen molar-refractivity contribution >= 4 is 68.3 Å². The smallest absolute Gasteiger partial charge is 0.321 e. The van der Waals surface area contributed by atoms with Gasteiger partial charge in [-0.05, 0) is 48.4 Å². The van der Waals surface area contributed by atoms with Gasteiger partial charge in [-0.1, -0.05) is 36.0 Å². The Morgan fingerprint density at radius 1 is 1.19 bits per heavy atom. The van der Waals surface area contributed by atoms with Crippen molar-refractivity contribution in [3.8, 4) is 0 Å². The molecule has 0 aliphatic carbocycles. The predicted molar refractivity (Wildman–Crippen MR) is 146 cm³/mol. The number of nitro groups is 1. The van der Waals surface area contributed by atoms with E-state index in [1.165, 1.54) is 40.9 Å². The number of aliphatic carboxylic acids is 1. The van der Waals surface area contributed by atoms with Gasteiger partial charge in [0.05, 0.1) is 25.4 Å². The number of rotatable bonds is 7. The van der Waals surface area contributed by atoms with E-state index in [9.17, 15) is 24.8 Å². The molecule has 1 aliphatic heterocycles. The maximum atomic E-state index is 12.7. The zero-order valence-electron chi connectivity index (χ0n) is 19.3. The Balaban J connectivity index is 1.35. The molecule has 3 N–H and O–H groups in total. The van der Waals surface area contributed by atoms with E-state index in [4.69, 9.17) is 0 Å². The van der Waals surface area contributed by atoms with Gasteiger partial charge >= 0.3 is 5.97 Å². The number of hydrogen-bond donors (Lipinski definition) is 3. The lowest BCUT2D eigenvalue weighted by atomic mass is 10.1. The first kappa shape index (κ1) is 25.2. The number of anilines is 1. The number of carbonyl (C=O) groups excluding carboxylic acids is 1. The maximum absolute atomic E-state index is 12.7. The summed E-state index contributed by atoms with van der Waals surface area (Å²) in [5.74, 6) is -0.745. The molecule has 1 amide bonds. The molecule has 0 bridgehead atoms. The van der Waals surface area contributed by atoms with Gasteiger partial charge in [0.25, 0.3) is 11.6 Å². The van der Waals surface area contributed by atoms with E-state index in [2.05, 4.69) is 15.6 Å². The first-order valence-corrected chi connectivity index (χ1v) is 13.8. The van der Waals surface area contributed by atoms with Gasteiger partial charge in [0.15, 0.2) is 4.34 Å². The van der Waals surface area contributed by atoms with Gasteiger partial charge in [-0.2, -0.15) is 0 Å². The highest BCUT2D eigenvalue weighted by Gasteiger charge is 2.31. The number of fused-ring (bicyclic) bond motifs is 1. The normalized spacial score (nSPS) is 17.1. The molecule has 0 unspecified atom stereocenters. The molecule has 12 heteroatoms. The van der Waals surface area contributed by atoms with Gasteiger partial charge in [0.2, 0.25) is 0 Å². The number of nitrogens with one attached hydrogen (secondary N) is 2. The van der Waals surface area contributed by atoms with Crippen LogP contribution in [0.1, 0.15) is 26.9 Å². The van der Waals surface area contributed by atoms with Crippen LogP contribution in [0.3, 0.4) is 0 Å². The fourth-order valence-corrected chi connectivity index (χ4v) is 7.25. The summed E-state index contributed by atoms with van der Waals surface area (Å²) in [5.41, 5.74) is 3.44. The van der Waals surface area contributed by atoms with Crippen LogP contribution in [0, 0.1) is 17.0 Å². The third-order valence-corrected chi connectivity index (χ3v) is 9.19. The van der Waals surface area contributed by atoms with E-state index >= 15 is 0 Å². The molecule has 9 nitrogen and oxygen atoms in total. The van der Waals surface area contributed by atoms with E-state index < -0.39 is 16.9 Å². The second-order valence-electron chi connectivity index (χ2n) is 8.29. The average molecular weight is 553 g/mol. The Kier molecular flexibility index (Phi) is 7.15. The Morgan fingerprint density at radius 2 is 2.00 bits per heavy atom. The van der Waals surface area contributed by atoms with E-state index in [0.717, 1.165) is 15.8 Å². The zero-order chi connectivity index (χ0) is 26.1. The molecule has 4 aromatic rings. The van der Waals surface area contributed by atoms with Crippen LogP contribution in [0.2, 0.25) is 0 Å². The van der Waals surface area contributed by atoms with Gasteiger partial charge in [-0.15, -0.1) is 23.1 Å². The second-order valence-corrected chi connectivity index (χ2v) is 11.7. The number of benzene rings is 3.